The van der Waals surface area contributed by atoms with Gasteiger partial charge in [0.2, 0.25) is 0 Å². The summed E-state index contributed by atoms with van der Waals surface area (Å²) in [5.41, 5.74) is 0. The van der Waals surface area contributed by atoms with Gasteiger partial charge in [0.25, 0.3) is 0 Å². The highest BCUT2D eigenvalue weighted by molar-refractivity contribution is 7.79. The Bertz CT molecular complexity index is 353. The lowest BCUT2D eigenvalue weighted by molar-refractivity contribution is 0.415. The van der Waals surface area contributed by atoms with E-state index in [2.05, 4.69) is 0 Å². The summed E-state index contributed by atoms with van der Waals surface area (Å²) in [6, 6.07) is -0.0684. The van der Waals surface area contributed by atoms with E-state index in [1.54, 1.807) is 0 Å². The first kappa shape index (κ1) is 10.1. The molecule has 0 heterocycles. The van der Waals surface area contributed by atoms with E-state index >= 15 is 0 Å². The average molecular weight is 213 g/mol. The zero-order valence-corrected chi connectivity index (χ0v) is 6.63. The molecule has 0 amide bonds. The molecule has 2 nitrogen and oxygen atoms in total. The van der Waals surface area contributed by atoms with Gasteiger partial charge in [-0.05, 0) is 11.1 Å². The zero-order chi connectivity index (χ0) is 10.2. The predicted molar refractivity (Wildman–Crippen MR) is 33.5 cm³/mol. The molecule has 0 bridgehead atoms. The van der Waals surface area contributed by atoms with Crippen LogP contribution < -0.4 is 0 Å². The molecule has 1 atom stereocenters. The number of hydrogen-bond acceptors (Lipinski definition) is 2. The van der Waals surface area contributed by atoms with Crippen LogP contribution in [0.4, 0.5) is 17.6 Å². The summed E-state index contributed by atoms with van der Waals surface area (Å²) in [7, 11) is 0. The van der Waals surface area contributed by atoms with E-state index in [0.717, 1.165) is 0 Å². The highest BCUT2D eigenvalue weighted by Crippen LogP contribution is 2.21. The Morgan fingerprint density at radius 2 is 1.46 bits per heavy atom. The molecule has 0 radical (unpaired) electrons. The van der Waals surface area contributed by atoms with E-state index in [1.165, 1.54) is 0 Å². The first-order valence-corrected chi connectivity index (χ1v) is 3.95. The summed E-state index contributed by atoms with van der Waals surface area (Å²) in [6.07, 6.45) is 0. The van der Waals surface area contributed by atoms with Crippen molar-refractivity contribution in [3.8, 4) is 0 Å². The topological polar surface area (TPSA) is 40.1 Å². The van der Waals surface area contributed by atoms with E-state index in [4.69, 9.17) is 0 Å². The molecular weight excluding hydrogens is 212 g/mol. The van der Waals surface area contributed by atoms with Crippen molar-refractivity contribution < 1.29 is 26.3 Å². The van der Waals surface area contributed by atoms with Crippen LogP contribution in [-0.2, 0) is 11.1 Å². The Morgan fingerprint density at radius 1 is 1.08 bits per heavy atom. The minimum atomic E-state index is -3.35. The molecule has 0 aromatic heterocycles. The summed E-state index contributed by atoms with van der Waals surface area (Å²) in [5.74, 6) is -7.35. The Kier molecular flexibility index (Phi) is 2.67. The third kappa shape index (κ3) is 1.70. The Labute approximate surface area is 72.5 Å². The van der Waals surface area contributed by atoms with E-state index in [-0.39, 0.29) is 6.07 Å². The molecule has 0 saturated carbocycles. The number of benzene rings is 1. The molecule has 0 aliphatic heterocycles. The van der Waals surface area contributed by atoms with Crippen molar-refractivity contribution in [3.63, 3.8) is 0 Å². The van der Waals surface area contributed by atoms with E-state index in [1.807, 2.05) is 0 Å². The molecule has 13 heavy (non-hydrogen) atoms. The minimum absolute atomic E-state index is 0.0684. The van der Waals surface area contributed by atoms with Crippen molar-refractivity contribution in [2.45, 2.75) is 4.90 Å². The lowest BCUT2D eigenvalue weighted by atomic mass is 10.3. The van der Waals surface area contributed by atoms with Crippen molar-refractivity contribution in [1.82, 2.24) is 0 Å². The molecule has 1 aromatic rings. The second-order valence-corrected chi connectivity index (χ2v) is 2.91. The van der Waals surface area contributed by atoms with Gasteiger partial charge in [0.15, 0.2) is 23.3 Å². The minimum Gasteiger partial charge on any atom is -0.768 e. The molecule has 0 spiro atoms. The predicted octanol–water partition coefficient (Wildman–Crippen LogP) is 1.48. The van der Waals surface area contributed by atoms with Gasteiger partial charge in [-0.25, -0.2) is 17.6 Å². The first-order chi connectivity index (χ1) is 5.95. The van der Waals surface area contributed by atoms with Crippen molar-refractivity contribution in [1.29, 1.82) is 0 Å². The van der Waals surface area contributed by atoms with Gasteiger partial charge in [-0.1, -0.05) is 0 Å². The summed E-state index contributed by atoms with van der Waals surface area (Å²) in [5, 5.41) is 0. The Morgan fingerprint density at radius 3 is 1.77 bits per heavy atom. The highest BCUT2D eigenvalue weighted by Gasteiger charge is 2.19. The fourth-order valence-corrected chi connectivity index (χ4v) is 1.19. The molecule has 0 N–H and O–H groups in total. The maximum absolute atomic E-state index is 12.5. The van der Waals surface area contributed by atoms with Crippen LogP contribution >= 0.6 is 0 Å². The lowest BCUT2D eigenvalue weighted by Gasteiger charge is -2.08. The SMILES string of the molecule is O=S([O-])c1c(F)c(F)cc(F)c1F. The smallest absolute Gasteiger partial charge is 0.176 e. The maximum Gasteiger partial charge on any atom is 0.176 e. The van der Waals surface area contributed by atoms with Crippen LogP contribution in [0.15, 0.2) is 11.0 Å². The summed E-state index contributed by atoms with van der Waals surface area (Å²) < 4.78 is 70.0. The molecule has 0 fully saturated rings. The number of hydrogen-bond donors (Lipinski definition) is 0. The van der Waals surface area contributed by atoms with Gasteiger partial charge < -0.3 is 4.55 Å². The van der Waals surface area contributed by atoms with Crippen LogP contribution in [0.5, 0.6) is 0 Å². The van der Waals surface area contributed by atoms with Gasteiger partial charge in [-0.3, -0.25) is 4.21 Å². The van der Waals surface area contributed by atoms with Crippen molar-refractivity contribution in [2.24, 2.45) is 0 Å². The molecule has 7 heteroatoms. The standard InChI is InChI=1S/C6H2F4O2S/c7-2-1-3(8)5(10)6(4(2)9)13(11)12/h1H,(H,11,12)/p-1. The molecule has 72 valence electrons. The summed E-state index contributed by atoms with van der Waals surface area (Å²) >= 11 is -3.35. The van der Waals surface area contributed by atoms with Gasteiger partial charge in [-0.15, -0.1) is 0 Å². The van der Waals surface area contributed by atoms with Crippen LogP contribution in [0.2, 0.25) is 0 Å². The normalized spacial score (nSPS) is 13.0. The second-order valence-electron chi connectivity index (χ2n) is 2.03. The Balaban J connectivity index is 3.56. The molecule has 1 rings (SSSR count). The quantitative estimate of drug-likeness (QED) is 0.402. The van der Waals surface area contributed by atoms with Crippen LogP contribution in [0.1, 0.15) is 0 Å². The van der Waals surface area contributed by atoms with Gasteiger partial charge in [0, 0.05) is 6.07 Å². The summed E-state index contributed by atoms with van der Waals surface area (Å²) in [6.45, 7) is 0. The molecule has 1 aromatic carbocycles. The van der Waals surface area contributed by atoms with Gasteiger partial charge in [-0.2, -0.15) is 0 Å². The van der Waals surface area contributed by atoms with Crippen LogP contribution in [0, 0.1) is 23.3 Å². The fourth-order valence-electron chi connectivity index (χ4n) is 0.698. The zero-order valence-electron chi connectivity index (χ0n) is 5.81. The third-order valence-electron chi connectivity index (χ3n) is 1.24. The van der Waals surface area contributed by atoms with Gasteiger partial charge >= 0.3 is 0 Å². The Hall–Kier alpha value is -0.950. The van der Waals surface area contributed by atoms with E-state index < -0.39 is 39.2 Å². The molecule has 1 unspecified atom stereocenters. The lowest BCUT2D eigenvalue weighted by Crippen LogP contribution is -2.04. The molecule has 0 saturated heterocycles. The van der Waals surface area contributed by atoms with Crippen molar-refractivity contribution >= 4 is 11.1 Å². The van der Waals surface area contributed by atoms with Gasteiger partial charge in [0.1, 0.15) is 4.90 Å². The molecule has 0 aliphatic rings. The highest BCUT2D eigenvalue weighted by atomic mass is 32.2. The number of halogens is 4. The molecular formula is C6HF4O2S-. The van der Waals surface area contributed by atoms with Crippen LogP contribution in [-0.4, -0.2) is 8.76 Å². The average Bonchev–Trinajstić information content (AvgIpc) is 2.01. The van der Waals surface area contributed by atoms with E-state index in [0.29, 0.717) is 0 Å². The van der Waals surface area contributed by atoms with Crippen LogP contribution in [0.25, 0.3) is 0 Å². The first-order valence-electron chi connectivity index (χ1n) is 2.87. The summed E-state index contributed by atoms with van der Waals surface area (Å²) in [4.78, 5) is -1.63. The van der Waals surface area contributed by atoms with E-state index in [9.17, 15) is 26.3 Å². The van der Waals surface area contributed by atoms with Crippen molar-refractivity contribution in [3.05, 3.63) is 29.3 Å². The molecule has 0 aliphatic carbocycles. The van der Waals surface area contributed by atoms with Gasteiger partial charge in [0.05, 0.1) is 0 Å². The van der Waals surface area contributed by atoms with Crippen LogP contribution in [0.3, 0.4) is 0 Å². The fraction of sp³-hybridized carbons (Fsp3) is 0. The van der Waals surface area contributed by atoms with Crippen molar-refractivity contribution in [2.75, 3.05) is 0 Å². The monoisotopic (exact) mass is 213 g/mol. The number of rotatable bonds is 1. The second kappa shape index (κ2) is 3.43. The third-order valence-corrected chi connectivity index (χ3v) is 1.93. The largest absolute Gasteiger partial charge is 0.768 e. The maximum atomic E-state index is 12.5.